The van der Waals surface area contributed by atoms with Gasteiger partial charge < -0.3 is 5.11 Å². The minimum absolute atomic E-state index is 0.0132. The minimum atomic E-state index is 0.0132. The lowest BCUT2D eigenvalue weighted by molar-refractivity contribution is -0.115. The number of carbonyl (C=O) groups excluding carboxylic acids is 1. The van der Waals surface area contributed by atoms with Gasteiger partial charge in [-0.25, -0.2) is 0 Å². The van der Waals surface area contributed by atoms with Gasteiger partial charge >= 0.3 is 0 Å². The second-order valence-corrected chi connectivity index (χ2v) is 5.86. The maximum absolute atomic E-state index is 11.6. The Morgan fingerprint density at radius 2 is 1.89 bits per heavy atom. The second kappa shape index (κ2) is 4.88. The van der Waals surface area contributed by atoms with Gasteiger partial charge in [0.1, 0.15) is 0 Å². The van der Waals surface area contributed by atoms with Crippen molar-refractivity contribution < 1.29 is 9.90 Å². The summed E-state index contributed by atoms with van der Waals surface area (Å²) >= 11 is 3.60. The molecule has 1 aromatic rings. The van der Waals surface area contributed by atoms with Gasteiger partial charge in [-0.15, -0.1) is 0 Å². The van der Waals surface area contributed by atoms with Crippen LogP contribution in [0.25, 0.3) is 0 Å². The molecule has 0 fully saturated rings. The van der Waals surface area contributed by atoms with Crippen molar-refractivity contribution in [2.75, 3.05) is 0 Å². The summed E-state index contributed by atoms with van der Waals surface area (Å²) in [4.78, 5) is 11.6. The summed E-state index contributed by atoms with van der Waals surface area (Å²) in [6.07, 6.45) is 2.40. The number of allylic oxidation sites excluding steroid dienone is 2. The quantitative estimate of drug-likeness (QED) is 0.841. The molecule has 0 saturated heterocycles. The summed E-state index contributed by atoms with van der Waals surface area (Å²) in [5.74, 6) is 0.311. The first-order valence-electron chi connectivity index (χ1n) is 6.08. The fourth-order valence-electron chi connectivity index (χ4n) is 2.88. The molecule has 3 heteroatoms. The number of halogens is 1. The van der Waals surface area contributed by atoms with E-state index in [2.05, 4.69) is 42.8 Å². The first-order chi connectivity index (χ1) is 8.40. The smallest absolute Gasteiger partial charge is 0.159 e. The maximum Gasteiger partial charge on any atom is 0.159 e. The summed E-state index contributed by atoms with van der Waals surface area (Å²) in [5, 5.41) is 9.65. The van der Waals surface area contributed by atoms with E-state index in [1.807, 2.05) is 0 Å². The van der Waals surface area contributed by atoms with Gasteiger partial charge in [0, 0.05) is 23.4 Å². The Balaban J connectivity index is 2.49. The van der Waals surface area contributed by atoms with Crippen LogP contribution in [-0.2, 0) is 4.79 Å². The van der Waals surface area contributed by atoms with Gasteiger partial charge in [-0.2, -0.15) is 0 Å². The highest BCUT2D eigenvalue weighted by Crippen LogP contribution is 2.38. The van der Waals surface area contributed by atoms with Crippen LogP contribution in [0.4, 0.5) is 0 Å². The number of hydrogen-bond acceptors (Lipinski definition) is 2. The van der Waals surface area contributed by atoms with Crippen LogP contribution in [0.5, 0.6) is 0 Å². The molecule has 1 aliphatic rings. The van der Waals surface area contributed by atoms with E-state index in [0.29, 0.717) is 12.8 Å². The third-order valence-corrected chi connectivity index (χ3v) is 4.80. The van der Waals surface area contributed by atoms with Crippen molar-refractivity contribution in [3.05, 3.63) is 44.6 Å². The van der Waals surface area contributed by atoms with Gasteiger partial charge in [0.25, 0.3) is 0 Å². The van der Waals surface area contributed by atoms with Gasteiger partial charge in [0.15, 0.2) is 5.78 Å². The first kappa shape index (κ1) is 13.3. The Morgan fingerprint density at radius 3 is 2.50 bits per heavy atom. The fourth-order valence-corrected chi connectivity index (χ4v) is 3.21. The van der Waals surface area contributed by atoms with E-state index in [1.165, 1.54) is 28.3 Å². The first-order valence-corrected chi connectivity index (χ1v) is 6.88. The van der Waals surface area contributed by atoms with E-state index in [0.717, 1.165) is 4.47 Å². The molecule has 1 atom stereocenters. The predicted octanol–water partition coefficient (Wildman–Crippen LogP) is 4.26. The van der Waals surface area contributed by atoms with Crippen molar-refractivity contribution in [2.24, 2.45) is 0 Å². The summed E-state index contributed by atoms with van der Waals surface area (Å²) in [6, 6.07) is 2.13. The average Bonchev–Trinajstić information content (AvgIpc) is 2.24. The molecule has 0 spiro atoms. The number of ketones is 1. The zero-order valence-electron chi connectivity index (χ0n) is 10.9. The minimum Gasteiger partial charge on any atom is -0.512 e. The van der Waals surface area contributed by atoms with Crippen LogP contribution in [0, 0.1) is 20.8 Å². The Kier molecular flexibility index (Phi) is 3.62. The molecule has 0 aromatic heterocycles. The maximum atomic E-state index is 11.6. The highest BCUT2D eigenvalue weighted by molar-refractivity contribution is 9.10. The Morgan fingerprint density at radius 1 is 1.22 bits per heavy atom. The molecule has 1 N–H and O–H groups in total. The van der Waals surface area contributed by atoms with Gasteiger partial charge in [-0.3, -0.25) is 4.79 Å². The SMILES string of the molecule is Cc1cc(C)c(C2CC(=O)C=C(O)C2)c(C)c1Br. The van der Waals surface area contributed by atoms with Gasteiger partial charge in [-0.05, 0) is 48.9 Å². The summed E-state index contributed by atoms with van der Waals surface area (Å²) in [6.45, 7) is 6.21. The van der Waals surface area contributed by atoms with Crippen molar-refractivity contribution in [2.45, 2.75) is 39.5 Å². The zero-order chi connectivity index (χ0) is 13.4. The molecule has 0 heterocycles. The number of aliphatic hydroxyl groups is 1. The van der Waals surface area contributed by atoms with E-state index in [-0.39, 0.29) is 17.5 Å². The third kappa shape index (κ3) is 2.37. The molecule has 0 aliphatic heterocycles. The van der Waals surface area contributed by atoms with Gasteiger partial charge in [-0.1, -0.05) is 22.0 Å². The van der Waals surface area contributed by atoms with Crippen LogP contribution in [0.2, 0.25) is 0 Å². The normalized spacial score (nSPS) is 19.9. The molecule has 1 unspecified atom stereocenters. The van der Waals surface area contributed by atoms with Gasteiger partial charge in [0.05, 0.1) is 5.76 Å². The molecule has 2 nitrogen and oxygen atoms in total. The number of rotatable bonds is 1. The molecule has 1 aromatic carbocycles. The van der Waals surface area contributed by atoms with Crippen molar-refractivity contribution in [3.8, 4) is 0 Å². The lowest BCUT2D eigenvalue weighted by Crippen LogP contribution is -2.15. The molecule has 96 valence electrons. The van der Waals surface area contributed by atoms with Gasteiger partial charge in [0.2, 0.25) is 0 Å². The lowest BCUT2D eigenvalue weighted by Gasteiger charge is -2.24. The van der Waals surface area contributed by atoms with E-state index < -0.39 is 0 Å². The highest BCUT2D eigenvalue weighted by Gasteiger charge is 2.25. The number of benzene rings is 1. The lowest BCUT2D eigenvalue weighted by atomic mass is 9.81. The van der Waals surface area contributed by atoms with Crippen LogP contribution in [0.15, 0.2) is 22.4 Å². The van der Waals surface area contributed by atoms with Crippen molar-refractivity contribution in [1.29, 1.82) is 0 Å². The number of carbonyl (C=O) groups is 1. The standard InChI is InChI=1S/C15H17BrO2/c1-8-4-9(2)15(16)10(3)14(8)11-5-12(17)7-13(18)6-11/h4,7,11,17H,5-6H2,1-3H3. The van der Waals surface area contributed by atoms with Crippen LogP contribution < -0.4 is 0 Å². The monoisotopic (exact) mass is 308 g/mol. The van der Waals surface area contributed by atoms with E-state index in [4.69, 9.17) is 0 Å². The molecule has 18 heavy (non-hydrogen) atoms. The molecule has 0 saturated carbocycles. The zero-order valence-corrected chi connectivity index (χ0v) is 12.5. The second-order valence-electron chi connectivity index (χ2n) is 5.07. The molecule has 0 bridgehead atoms. The highest BCUT2D eigenvalue weighted by atomic mass is 79.9. The van der Waals surface area contributed by atoms with Crippen LogP contribution in [0.3, 0.4) is 0 Å². The average molecular weight is 309 g/mol. The molecule has 1 aliphatic carbocycles. The Bertz CT molecular complexity index is 544. The molecular formula is C15H17BrO2. The number of aliphatic hydroxyl groups excluding tert-OH is 1. The van der Waals surface area contributed by atoms with Crippen LogP contribution in [-0.4, -0.2) is 10.9 Å². The fraction of sp³-hybridized carbons (Fsp3) is 0.400. The van der Waals surface area contributed by atoms with E-state index in [1.54, 1.807) is 0 Å². The number of aryl methyl sites for hydroxylation is 2. The predicted molar refractivity (Wildman–Crippen MR) is 76.0 cm³/mol. The van der Waals surface area contributed by atoms with Crippen LogP contribution in [0.1, 0.15) is 41.0 Å². The summed E-state index contributed by atoms with van der Waals surface area (Å²) < 4.78 is 1.10. The van der Waals surface area contributed by atoms with Crippen LogP contribution >= 0.6 is 15.9 Å². The third-order valence-electron chi connectivity index (χ3n) is 3.58. The summed E-state index contributed by atoms with van der Waals surface area (Å²) in [7, 11) is 0. The van der Waals surface area contributed by atoms with E-state index in [9.17, 15) is 9.90 Å². The molecule has 2 rings (SSSR count). The van der Waals surface area contributed by atoms with Crippen molar-refractivity contribution in [3.63, 3.8) is 0 Å². The Labute approximate surface area is 116 Å². The molecular weight excluding hydrogens is 292 g/mol. The molecule has 0 amide bonds. The van der Waals surface area contributed by atoms with Crippen molar-refractivity contribution in [1.82, 2.24) is 0 Å². The van der Waals surface area contributed by atoms with Crippen molar-refractivity contribution >= 4 is 21.7 Å². The van der Waals surface area contributed by atoms with E-state index >= 15 is 0 Å². The Hall–Kier alpha value is -1.09. The largest absolute Gasteiger partial charge is 0.512 e. The molecule has 0 radical (unpaired) electrons. The topological polar surface area (TPSA) is 37.3 Å². The number of hydrogen-bond donors (Lipinski definition) is 1. The summed E-state index contributed by atoms with van der Waals surface area (Å²) in [5.41, 5.74) is 4.77.